The number of hydroxylamine groups is 1. The molecule has 33 nitrogen and oxygen atoms in total. The number of aliphatic hydroxyl groups excluding tert-OH is 4. The van der Waals surface area contributed by atoms with E-state index in [4.69, 9.17) is 68.1 Å². The Kier molecular flexibility index (Phi) is 46.6. The molecule has 14 aliphatic rings. The van der Waals surface area contributed by atoms with E-state index in [9.17, 15) is 78.6 Å². The van der Waals surface area contributed by atoms with Crippen molar-refractivity contribution < 1.29 is 121 Å². The number of fused-ring (bicyclic) bond motifs is 10. The number of esters is 1. The summed E-state index contributed by atoms with van der Waals surface area (Å²) in [6.45, 7) is 8.34. The lowest BCUT2D eigenvalue weighted by Gasteiger charge is -2.62. The fourth-order valence-corrected chi connectivity index (χ4v) is 23.9. The lowest BCUT2D eigenvalue weighted by Crippen LogP contribution is -2.69. The molecule has 22 atom stereocenters. The van der Waals surface area contributed by atoms with Gasteiger partial charge in [-0.2, -0.15) is 0 Å². The van der Waals surface area contributed by atoms with E-state index in [0.29, 0.717) is 56.4 Å². The number of rotatable bonds is 16. The molecular weight excluding hydrogens is 1850 g/mol. The first-order chi connectivity index (χ1) is 66.8. The van der Waals surface area contributed by atoms with Crippen LogP contribution in [0.4, 0.5) is 32.8 Å². The summed E-state index contributed by atoms with van der Waals surface area (Å²) in [4.78, 5) is 130. The number of hydrazine groups is 3. The van der Waals surface area contributed by atoms with Gasteiger partial charge in [-0.3, -0.25) is 51.7 Å². The molecule has 14 aliphatic carbocycles. The van der Waals surface area contributed by atoms with Gasteiger partial charge in [0.15, 0.2) is 22.9 Å². The van der Waals surface area contributed by atoms with Gasteiger partial charge in [-0.25, -0.2) is 49.2 Å². The number of nitrogens with two attached hydrogens (primary N) is 4. The van der Waals surface area contributed by atoms with Crippen molar-refractivity contribution in [1.29, 1.82) is 0 Å². The molecule has 0 bridgehead atoms. The number of alkyl halides is 2. The van der Waals surface area contributed by atoms with E-state index in [1.807, 2.05) is 77.9 Å². The van der Waals surface area contributed by atoms with Crippen molar-refractivity contribution in [3.8, 4) is 0 Å². The number of allylic oxidation sites excluding steroid dienone is 14. The third-order valence-electron chi connectivity index (χ3n) is 31.1. The molecule has 4 amide bonds. The lowest BCUT2D eigenvalue weighted by molar-refractivity contribution is -0.219. The maximum Gasteiger partial charge on any atom is 0.441 e. The van der Waals surface area contributed by atoms with Crippen LogP contribution in [0.15, 0.2) is 130 Å². The number of Topliss-reactive ketones (excluding diaryl/α,β-unsaturated/α-hetero) is 2. The predicted octanol–water partition coefficient (Wildman–Crippen LogP) is 15.4. The molecule has 782 valence electrons. The Morgan fingerprint density at radius 2 is 0.757 bits per heavy atom. The number of hydrogen-bond acceptors (Lipinski definition) is 29. The molecule has 0 heterocycles. The van der Waals surface area contributed by atoms with Crippen LogP contribution in [0, 0.1) is 57.2 Å². The first-order valence-corrected chi connectivity index (χ1v) is 51.0. The summed E-state index contributed by atoms with van der Waals surface area (Å²) < 4.78 is 65.8. The van der Waals surface area contributed by atoms with Crippen molar-refractivity contribution in [2.45, 2.75) is 357 Å². The second-order valence-electron chi connectivity index (χ2n) is 39.9. The molecule has 6 fully saturated rings. The molecule has 0 aliphatic heterocycles. The summed E-state index contributed by atoms with van der Waals surface area (Å²) in [5, 5.41) is 67.8. The van der Waals surface area contributed by atoms with Crippen molar-refractivity contribution >= 4 is 93.2 Å². The molecule has 0 spiro atoms. The van der Waals surface area contributed by atoms with Crippen LogP contribution in [-0.4, -0.2) is 205 Å². The Labute approximate surface area is 831 Å². The average molecular weight is 2010 g/mol. The Morgan fingerprint density at radius 3 is 1.09 bits per heavy atom. The van der Waals surface area contributed by atoms with E-state index in [2.05, 4.69) is 51.3 Å². The largest absolute Gasteiger partial charge is 0.457 e. The highest BCUT2D eigenvalue weighted by Crippen LogP contribution is 2.73. The molecule has 6 unspecified atom stereocenters. The summed E-state index contributed by atoms with van der Waals surface area (Å²) in [6.07, 6.45) is 62.4. The predicted molar refractivity (Wildman–Crippen MR) is 526 cm³/mol. The van der Waals surface area contributed by atoms with E-state index in [0.717, 1.165) is 152 Å². The number of aliphatic hydroxyl groups is 6. The van der Waals surface area contributed by atoms with Gasteiger partial charge in [-0.05, 0) is 304 Å². The Morgan fingerprint density at radius 1 is 0.436 bits per heavy atom. The summed E-state index contributed by atoms with van der Waals surface area (Å²) in [5.41, 5.74) is -5.07. The fourth-order valence-electron chi connectivity index (χ4n) is 23.7. The van der Waals surface area contributed by atoms with Gasteiger partial charge in [-0.15, -0.1) is 5.48 Å². The van der Waals surface area contributed by atoms with Crippen molar-refractivity contribution in [3.63, 3.8) is 0 Å². The summed E-state index contributed by atoms with van der Waals surface area (Å²) >= 11 is 10.2. The monoisotopic (exact) mass is 2010 g/mol. The molecule has 0 radical (unpaired) electrons. The molecule has 14 rings (SSSR count). The van der Waals surface area contributed by atoms with Gasteiger partial charge >= 0.3 is 41.1 Å². The number of carbonyl (C=O) groups excluding carboxylic acids is 10. The summed E-state index contributed by atoms with van der Waals surface area (Å²) in [7, 11) is 0. The quantitative estimate of drug-likeness (QED) is 0.0130. The zero-order valence-electron chi connectivity index (χ0n) is 82.2. The van der Waals surface area contributed by atoms with Gasteiger partial charge in [0, 0.05) is 56.7 Å². The van der Waals surface area contributed by atoms with Gasteiger partial charge in [0.25, 0.3) is 5.91 Å². The van der Waals surface area contributed by atoms with Crippen LogP contribution >= 0.6 is 23.2 Å². The van der Waals surface area contributed by atoms with Crippen LogP contribution in [0.5, 0.6) is 0 Å². The number of ketones is 2. The fraction of sp³-hybridized carbons (Fsp3) is 0.689. The van der Waals surface area contributed by atoms with Crippen LogP contribution in [0.3, 0.4) is 0 Å². The van der Waals surface area contributed by atoms with Crippen LogP contribution in [0.2, 0.25) is 0 Å². The van der Waals surface area contributed by atoms with Crippen LogP contribution in [0.1, 0.15) is 286 Å². The maximum absolute atomic E-state index is 17.5. The Bertz CT molecular complexity index is 4510. The average Bonchev–Trinajstić information content (AvgIpc) is 1.46. The van der Waals surface area contributed by atoms with Gasteiger partial charge < -0.3 is 69.2 Å². The summed E-state index contributed by atoms with van der Waals surface area (Å²) in [6, 6.07) is 0. The second-order valence-corrected chi connectivity index (χ2v) is 40.5. The van der Waals surface area contributed by atoms with Gasteiger partial charge in [0.2, 0.25) is 0 Å². The minimum absolute atomic E-state index is 0.0731. The molecule has 140 heavy (non-hydrogen) atoms. The number of halogens is 4. The topological polar surface area (TPSA) is 534 Å². The van der Waals surface area contributed by atoms with E-state index in [1.54, 1.807) is 65.0 Å². The first-order valence-electron chi connectivity index (χ1n) is 50.2. The molecule has 18 N–H and O–H groups in total. The third kappa shape index (κ3) is 29.8. The molecule has 0 aromatic rings. The number of alkyl carbamates (subject to hydrolysis) is 1. The van der Waals surface area contributed by atoms with E-state index >= 15 is 8.78 Å². The molecule has 37 heteroatoms. The van der Waals surface area contributed by atoms with E-state index < -0.39 is 152 Å². The molecule has 6 saturated carbocycles. The van der Waals surface area contributed by atoms with Crippen LogP contribution in [0.25, 0.3) is 0 Å². The minimum atomic E-state index is -2.06. The zero-order chi connectivity index (χ0) is 102. The second kappa shape index (κ2) is 55.9. The third-order valence-corrected chi connectivity index (χ3v) is 31.3. The number of nitrogens with zero attached hydrogens (tertiary/aromatic N) is 2. The number of aliphatic imine (C=N–C) groups is 2. The Hall–Kier alpha value is -8.72. The first kappa shape index (κ1) is 117. The maximum atomic E-state index is 17.5. The standard InChI is InChI=1S/C33H45FN2O8.C32H44FNO6.C11H19N3O3.2C9H13ClO2.C9H16N2O2.H4N2/c1-20-15-25-24-12-11-21-16-22(35-18-28(40)44-36-29(41)43-23-9-7-5-4-6-8-10-23)13-14-30(21,2)32(24,34)26(38)17-31(25,3)33(20,42)27(39)19-37;1-20-15-25-24-12-11-21-16-22(34-18-28(38)40-23-9-7-5-4-6-8-10-23)13-14-29(21,2)31(24,33)26(36)17-30(25,3)32(20,39)27(37)19-35;12-14-10(15)8-13-11(16)17-9-6-4-2-1-3-5-7-9;2*10-9(11)12-8-6-4-2-1-3-5-7-8;10-11-9(12)13-8-6-4-2-1-3-5-7-8;1-2/h7,9,13-14,16,20,23-26,37-38,42H,4-6,8,10-12,15,17-19H2,1-3H3,(H,36,41);7,9,13-14,16,20,23-26,35-36,39H,4-6,8,10-12,15,17-19H2,1-3H3;4,6,9H,1-3,5,7-8,12H2,(H,13,16)(H,14,15);2*4,6,8H,1-3,5,7H2;4,6,8H,1-3,5,7,10H2,(H,11,12);1-2H2/b9-7+,35-22?;9-7+,34-22?;4*6-4+;/t20-,23?,24+,25+,26+,30+,31+,32+,33+;20-,23?,24+,25+,26+,29+,30+,31+,32+;;;;;/m11...../s1. The number of carbonyl (C=O) groups is 10. The highest BCUT2D eigenvalue weighted by molar-refractivity contribution is 6.61. The lowest BCUT2D eigenvalue weighted by atomic mass is 9.44. The Balaban J connectivity index is 0.000000225. The smallest absolute Gasteiger partial charge is 0.441 e. The van der Waals surface area contributed by atoms with Crippen molar-refractivity contribution in [3.05, 3.63) is 121 Å². The number of ether oxygens (including phenoxy) is 6. The number of nitrogens with one attached hydrogen (secondary N) is 4. The van der Waals surface area contributed by atoms with E-state index in [1.165, 1.54) is 44.9 Å². The van der Waals surface area contributed by atoms with Crippen molar-refractivity contribution in [2.24, 2.45) is 90.5 Å². The number of amides is 4. The SMILES string of the molecule is C[C@@H]1C[C@H]2[C@@H]3CCC4=CC(=NCC(=O)OC5/C=C/CCCCC5)C=C[C@]4(C)[C@@]3(F)[C@@H](O)C[C@]2(C)[C@@]1(O)C(=O)CO.C[C@@H]1C[C@H]2[C@@H]3CCC4=CC(=NCC(=O)ONC(=O)OC5/C=C/CCCCC5)C=C[C@]4(C)[C@@]3(F)[C@@H](O)C[C@]2(C)[C@@]1(O)C(=O)CO.NN.NNC(=O)CNC(=O)OC1/C=C/CCCCC1.NNC(=O)OC1/C=C/CCCCC1.O=C(Cl)OC1/C=C/CCCCC1.O=C(Cl)OC1/C=C/CCCCC1. The van der Waals surface area contributed by atoms with Crippen LogP contribution < -0.4 is 45.0 Å². The highest BCUT2D eigenvalue weighted by Gasteiger charge is 2.77. The minimum Gasteiger partial charge on any atom is -0.457 e. The number of hydrogen-bond donors (Lipinski definition) is 14. The molecule has 0 saturated heterocycles. The van der Waals surface area contributed by atoms with Crippen molar-refractivity contribution in [2.75, 3.05) is 32.8 Å². The molecule has 0 aromatic carbocycles. The highest BCUT2D eigenvalue weighted by atomic mass is 35.5. The molecule has 0 aromatic heterocycles. The van der Waals surface area contributed by atoms with Crippen molar-refractivity contribution in [1.82, 2.24) is 21.6 Å². The van der Waals surface area contributed by atoms with Gasteiger partial charge in [0.1, 0.15) is 80.7 Å². The summed E-state index contributed by atoms with van der Waals surface area (Å²) in [5.74, 6) is 12.0. The van der Waals surface area contributed by atoms with Gasteiger partial charge in [0.05, 0.1) is 23.6 Å². The normalized spacial score (nSPS) is 36.4. The van der Waals surface area contributed by atoms with E-state index in [-0.39, 0.29) is 80.9 Å². The van der Waals surface area contributed by atoms with Crippen LogP contribution in [-0.2, 0) is 57.2 Å². The zero-order valence-corrected chi connectivity index (χ0v) is 83.7. The molecular formula is C103H154Cl2F2N10O23. The van der Waals surface area contributed by atoms with Gasteiger partial charge in [-0.1, -0.05) is 126 Å².